The van der Waals surface area contributed by atoms with E-state index in [4.69, 9.17) is 10.5 Å². The largest absolute Gasteiger partial charge is 0.491 e. The number of amides is 6. The van der Waals surface area contributed by atoms with E-state index in [9.17, 15) is 28.8 Å². The SMILES string of the molecule is CCN1CCN(C(=O)[C@@H]2CC(=O)N[C@@H](CCC(N)=O)C(=O)N[C@H](C(C)C)C(=O)N[C@@H](C)COc3ccccc3C(=O)N2)CC1. The fourth-order valence-electron chi connectivity index (χ4n) is 5.09. The van der Waals surface area contributed by atoms with Gasteiger partial charge in [-0.3, -0.25) is 28.8 Å². The molecule has 2 aliphatic rings. The van der Waals surface area contributed by atoms with Crippen LogP contribution in [0.2, 0.25) is 0 Å². The minimum Gasteiger partial charge on any atom is -0.491 e. The third kappa shape index (κ3) is 9.66. The molecule has 242 valence electrons. The summed E-state index contributed by atoms with van der Waals surface area (Å²) >= 11 is 0. The van der Waals surface area contributed by atoms with Gasteiger partial charge in [-0.2, -0.15) is 0 Å². The molecule has 0 aromatic heterocycles. The number of primary amides is 1. The first-order valence-electron chi connectivity index (χ1n) is 15.1. The fourth-order valence-corrected chi connectivity index (χ4v) is 5.09. The predicted octanol–water partition coefficient (Wildman–Crippen LogP) is -0.873. The van der Waals surface area contributed by atoms with Crippen LogP contribution >= 0.6 is 0 Å². The van der Waals surface area contributed by atoms with Crippen LogP contribution in [0.3, 0.4) is 0 Å². The van der Waals surface area contributed by atoms with E-state index >= 15 is 0 Å². The summed E-state index contributed by atoms with van der Waals surface area (Å²) in [5, 5.41) is 10.8. The maximum atomic E-state index is 13.7. The first-order chi connectivity index (χ1) is 20.9. The zero-order valence-corrected chi connectivity index (χ0v) is 25.9. The van der Waals surface area contributed by atoms with E-state index < -0.39 is 66.0 Å². The van der Waals surface area contributed by atoms with Crippen LogP contribution < -0.4 is 31.7 Å². The predicted molar refractivity (Wildman–Crippen MR) is 161 cm³/mol. The second-order valence-corrected chi connectivity index (χ2v) is 11.6. The summed E-state index contributed by atoms with van der Waals surface area (Å²) in [6.07, 6.45) is -0.795. The molecule has 0 saturated carbocycles. The molecule has 2 aliphatic heterocycles. The Bertz CT molecular complexity index is 1220. The van der Waals surface area contributed by atoms with Crippen LogP contribution in [0.15, 0.2) is 24.3 Å². The van der Waals surface area contributed by atoms with Gasteiger partial charge in [0, 0.05) is 32.6 Å². The summed E-state index contributed by atoms with van der Waals surface area (Å²) in [7, 11) is 0. The Labute approximate surface area is 257 Å². The van der Waals surface area contributed by atoms with Gasteiger partial charge < -0.3 is 41.5 Å². The van der Waals surface area contributed by atoms with Crippen LogP contribution in [0.1, 0.15) is 57.3 Å². The second-order valence-electron chi connectivity index (χ2n) is 11.6. The number of carbonyl (C=O) groups is 6. The van der Waals surface area contributed by atoms with Crippen molar-refractivity contribution in [3.8, 4) is 5.75 Å². The highest BCUT2D eigenvalue weighted by atomic mass is 16.5. The van der Waals surface area contributed by atoms with E-state index in [1.165, 1.54) is 0 Å². The van der Waals surface area contributed by atoms with Gasteiger partial charge in [-0.1, -0.05) is 32.9 Å². The third-order valence-corrected chi connectivity index (χ3v) is 7.71. The average Bonchev–Trinajstić information content (AvgIpc) is 2.99. The summed E-state index contributed by atoms with van der Waals surface area (Å²) in [6, 6.07) is 2.56. The standard InChI is InChI=1S/C30H45N7O7/c1-5-36-12-14-37(15-13-36)30(43)22-16-25(39)33-21(10-11-24(31)38)28(41)35-26(18(2)3)29(42)32-19(4)17-44-23-9-7-6-8-20(23)27(40)34-22/h6-9,18-19,21-22,26H,5,10-17H2,1-4H3,(H2,31,38)(H,32,42)(H,33,39)(H,34,40)(H,35,41)/t19-,21-,22-,26+/m0/s1. The molecule has 14 heteroatoms. The van der Waals surface area contributed by atoms with Gasteiger partial charge in [0.25, 0.3) is 5.91 Å². The number of hydrogen-bond donors (Lipinski definition) is 5. The number of nitrogens with one attached hydrogen (secondary N) is 4. The van der Waals surface area contributed by atoms with Crippen molar-refractivity contribution >= 4 is 35.4 Å². The molecular weight excluding hydrogens is 570 g/mol. The molecule has 0 aliphatic carbocycles. The van der Waals surface area contributed by atoms with Crippen molar-refractivity contribution in [3.63, 3.8) is 0 Å². The van der Waals surface area contributed by atoms with Crippen LogP contribution in [0, 0.1) is 5.92 Å². The van der Waals surface area contributed by atoms with E-state index in [-0.39, 0.29) is 36.7 Å². The van der Waals surface area contributed by atoms with Gasteiger partial charge in [-0.05, 0) is 37.9 Å². The molecule has 6 amide bonds. The molecule has 1 aromatic carbocycles. The van der Waals surface area contributed by atoms with Crippen molar-refractivity contribution in [3.05, 3.63) is 29.8 Å². The van der Waals surface area contributed by atoms with Crippen LogP contribution in [0.5, 0.6) is 5.75 Å². The summed E-state index contributed by atoms with van der Waals surface area (Å²) in [5.41, 5.74) is 5.47. The molecule has 1 fully saturated rings. The van der Waals surface area contributed by atoms with Crippen molar-refractivity contribution in [1.82, 2.24) is 31.1 Å². The number of likely N-dealkylation sites (N-methyl/N-ethyl adjacent to an activating group) is 1. The Morgan fingerprint density at radius 2 is 1.66 bits per heavy atom. The number of nitrogens with two attached hydrogens (primary N) is 1. The second kappa shape index (κ2) is 16.0. The highest BCUT2D eigenvalue weighted by Crippen LogP contribution is 2.19. The summed E-state index contributed by atoms with van der Waals surface area (Å²) < 4.78 is 5.90. The molecule has 14 nitrogen and oxygen atoms in total. The number of nitrogens with zero attached hydrogens (tertiary/aromatic N) is 2. The van der Waals surface area contributed by atoms with Gasteiger partial charge in [-0.25, -0.2) is 0 Å². The van der Waals surface area contributed by atoms with Crippen LogP contribution in [0.25, 0.3) is 0 Å². The molecule has 2 heterocycles. The Kier molecular flexibility index (Phi) is 12.5. The quantitative estimate of drug-likeness (QED) is 0.273. The molecule has 0 radical (unpaired) electrons. The van der Waals surface area contributed by atoms with Crippen molar-refractivity contribution in [1.29, 1.82) is 0 Å². The minimum absolute atomic E-state index is 0.0140. The lowest BCUT2D eigenvalue weighted by Gasteiger charge is -2.36. The zero-order valence-electron chi connectivity index (χ0n) is 25.9. The summed E-state index contributed by atoms with van der Waals surface area (Å²) in [5.74, 6) is -3.65. The van der Waals surface area contributed by atoms with Gasteiger partial charge in [0.1, 0.15) is 30.5 Å². The molecule has 0 spiro atoms. The summed E-state index contributed by atoms with van der Waals surface area (Å²) in [4.78, 5) is 82.4. The number of fused-ring (bicyclic) bond motifs is 1. The van der Waals surface area contributed by atoms with E-state index in [2.05, 4.69) is 26.2 Å². The number of benzene rings is 1. The lowest BCUT2D eigenvalue weighted by molar-refractivity contribution is -0.138. The number of piperazine rings is 1. The molecule has 0 unspecified atom stereocenters. The number of ether oxygens (including phenoxy) is 1. The molecular formula is C30H45N7O7. The first kappa shape index (κ1) is 34.3. The minimum atomic E-state index is -1.25. The normalized spacial score (nSPS) is 24.6. The lowest BCUT2D eigenvalue weighted by atomic mass is 10.0. The zero-order chi connectivity index (χ0) is 32.4. The first-order valence-corrected chi connectivity index (χ1v) is 15.1. The number of rotatable bonds is 6. The number of carbonyl (C=O) groups excluding carboxylic acids is 6. The van der Waals surface area contributed by atoms with Gasteiger partial charge in [0.15, 0.2) is 0 Å². The monoisotopic (exact) mass is 615 g/mol. The topological polar surface area (TPSA) is 192 Å². The molecule has 0 bridgehead atoms. The summed E-state index contributed by atoms with van der Waals surface area (Å²) in [6.45, 7) is 10.3. The van der Waals surface area contributed by atoms with Gasteiger partial charge in [0.05, 0.1) is 18.0 Å². The Balaban J connectivity index is 1.96. The molecule has 3 rings (SSSR count). The maximum absolute atomic E-state index is 13.7. The third-order valence-electron chi connectivity index (χ3n) is 7.71. The molecule has 1 saturated heterocycles. The Morgan fingerprint density at radius 3 is 2.30 bits per heavy atom. The number of para-hydroxylation sites is 1. The fraction of sp³-hybridized carbons (Fsp3) is 0.600. The molecule has 6 N–H and O–H groups in total. The van der Waals surface area contributed by atoms with E-state index in [1.807, 2.05) is 6.92 Å². The van der Waals surface area contributed by atoms with Crippen LogP contribution in [-0.2, 0) is 24.0 Å². The van der Waals surface area contributed by atoms with Crippen molar-refractivity contribution in [2.75, 3.05) is 39.3 Å². The van der Waals surface area contributed by atoms with Crippen molar-refractivity contribution < 1.29 is 33.5 Å². The van der Waals surface area contributed by atoms with E-state index in [0.29, 0.717) is 26.2 Å². The number of hydrogen-bond acceptors (Lipinski definition) is 8. The van der Waals surface area contributed by atoms with Gasteiger partial charge in [0.2, 0.25) is 29.5 Å². The van der Waals surface area contributed by atoms with E-state index in [0.717, 1.165) is 6.54 Å². The van der Waals surface area contributed by atoms with Gasteiger partial charge in [-0.15, -0.1) is 0 Å². The smallest absolute Gasteiger partial charge is 0.255 e. The molecule has 4 atom stereocenters. The van der Waals surface area contributed by atoms with E-state index in [1.54, 1.807) is 49.9 Å². The average molecular weight is 616 g/mol. The lowest BCUT2D eigenvalue weighted by Crippen LogP contribution is -2.58. The van der Waals surface area contributed by atoms with Crippen LogP contribution in [0.4, 0.5) is 0 Å². The van der Waals surface area contributed by atoms with Crippen molar-refractivity contribution in [2.24, 2.45) is 11.7 Å². The van der Waals surface area contributed by atoms with Crippen molar-refractivity contribution in [2.45, 2.75) is 71.1 Å². The van der Waals surface area contributed by atoms with Crippen LogP contribution in [-0.4, -0.2) is 109 Å². The molecule has 1 aromatic rings. The maximum Gasteiger partial charge on any atom is 0.255 e. The Morgan fingerprint density at radius 1 is 0.977 bits per heavy atom. The molecule has 44 heavy (non-hydrogen) atoms. The van der Waals surface area contributed by atoms with Gasteiger partial charge >= 0.3 is 0 Å². The highest BCUT2D eigenvalue weighted by Gasteiger charge is 2.34. The highest BCUT2D eigenvalue weighted by molar-refractivity contribution is 6.01. The Hall–Kier alpha value is -4.20.